The molecule has 1 fully saturated rings. The van der Waals surface area contributed by atoms with Gasteiger partial charge in [0, 0.05) is 0 Å². The molecule has 1 rings (SSSR count). The van der Waals surface area contributed by atoms with Crippen LogP contribution in [0.3, 0.4) is 0 Å². The van der Waals surface area contributed by atoms with Gasteiger partial charge >= 0.3 is 23.3 Å². The Hall–Kier alpha value is -0.240. The van der Waals surface area contributed by atoms with Crippen LogP contribution in [0.15, 0.2) is 0 Å². The van der Waals surface area contributed by atoms with Gasteiger partial charge in [0.15, 0.2) is 0 Å². The van der Waals surface area contributed by atoms with Crippen molar-refractivity contribution >= 4 is 11.6 Å². The number of ether oxygens (including phenoxy) is 1. The first-order chi connectivity index (χ1) is 5.46. The molecule has 1 aliphatic rings. The maximum absolute atomic E-state index is 12.4. The van der Waals surface area contributed by atoms with Crippen molar-refractivity contribution in [3.63, 3.8) is 0 Å². The fourth-order valence-electron chi connectivity index (χ4n) is 0.580. The quantitative estimate of drug-likeness (QED) is 0.385. The average molecular weight is 232 g/mol. The largest absolute Gasteiger partial charge is 0.443 e. The van der Waals surface area contributed by atoms with E-state index in [4.69, 9.17) is 0 Å². The standard InChI is InChI=1S/C4ClF7O/c5-1(6,3(8,9)10)2(7)4(11,12)13-2. The van der Waals surface area contributed by atoms with Crippen LogP contribution >= 0.6 is 11.6 Å². The van der Waals surface area contributed by atoms with Crippen LogP contribution in [0, 0.1) is 0 Å². The molecule has 1 saturated heterocycles. The lowest BCUT2D eigenvalue weighted by Gasteiger charge is -2.21. The molecule has 1 aliphatic heterocycles. The lowest BCUT2D eigenvalue weighted by atomic mass is 10.2. The van der Waals surface area contributed by atoms with Gasteiger partial charge in [-0.3, -0.25) is 4.74 Å². The van der Waals surface area contributed by atoms with Gasteiger partial charge in [-0.05, 0) is 0 Å². The van der Waals surface area contributed by atoms with Crippen molar-refractivity contribution in [2.45, 2.75) is 23.3 Å². The Morgan fingerprint density at radius 2 is 1.31 bits per heavy atom. The maximum atomic E-state index is 12.4. The topological polar surface area (TPSA) is 12.5 Å². The summed E-state index contributed by atoms with van der Waals surface area (Å²) < 4.78 is 85.6. The highest BCUT2D eigenvalue weighted by atomic mass is 35.5. The molecule has 9 heteroatoms. The van der Waals surface area contributed by atoms with Crippen molar-refractivity contribution in [3.05, 3.63) is 0 Å². The van der Waals surface area contributed by atoms with E-state index in [0.29, 0.717) is 0 Å². The van der Waals surface area contributed by atoms with Gasteiger partial charge in [0.25, 0.3) is 0 Å². The van der Waals surface area contributed by atoms with Crippen molar-refractivity contribution < 1.29 is 35.5 Å². The molecule has 13 heavy (non-hydrogen) atoms. The predicted octanol–water partition coefficient (Wildman–Crippen LogP) is 2.74. The summed E-state index contributed by atoms with van der Waals surface area (Å²) in [5, 5.41) is -5.25. The summed E-state index contributed by atoms with van der Waals surface area (Å²) in [6.45, 7) is 0. The molecule has 0 amide bonds. The first-order valence-corrected chi connectivity index (χ1v) is 3.05. The van der Waals surface area contributed by atoms with Crippen LogP contribution in [0.25, 0.3) is 0 Å². The molecular weight excluding hydrogens is 232 g/mol. The second-order valence-corrected chi connectivity index (χ2v) is 2.81. The molecule has 0 aromatic rings. The van der Waals surface area contributed by atoms with Crippen LogP contribution in [0.4, 0.5) is 30.7 Å². The Balaban J connectivity index is 2.97. The number of hydrogen-bond donors (Lipinski definition) is 0. The van der Waals surface area contributed by atoms with Gasteiger partial charge in [-0.1, -0.05) is 11.6 Å². The summed E-state index contributed by atoms with van der Waals surface area (Å²) in [6, 6.07) is 0. The normalized spacial score (nSPS) is 36.9. The fourth-order valence-corrected chi connectivity index (χ4v) is 0.729. The van der Waals surface area contributed by atoms with Gasteiger partial charge in [0.1, 0.15) is 0 Å². The zero-order chi connectivity index (χ0) is 10.7. The molecule has 0 aromatic heterocycles. The smallest absolute Gasteiger partial charge is 0.266 e. The summed E-state index contributed by atoms with van der Waals surface area (Å²) in [6.07, 6.45) is -10.8. The van der Waals surface area contributed by atoms with Crippen LogP contribution < -0.4 is 0 Å². The molecule has 1 nitrogen and oxygen atoms in total. The number of halogens is 8. The summed E-state index contributed by atoms with van der Waals surface area (Å²) >= 11 is 3.96. The van der Waals surface area contributed by atoms with Crippen molar-refractivity contribution in [3.8, 4) is 0 Å². The monoisotopic (exact) mass is 232 g/mol. The summed E-state index contributed by atoms with van der Waals surface area (Å²) in [5.74, 6) is -4.83. The van der Waals surface area contributed by atoms with Crippen molar-refractivity contribution in [2.24, 2.45) is 0 Å². The van der Waals surface area contributed by atoms with Crippen molar-refractivity contribution in [2.75, 3.05) is 0 Å². The lowest BCUT2D eigenvalue weighted by Crippen LogP contribution is -2.48. The molecule has 0 spiro atoms. The van der Waals surface area contributed by atoms with Gasteiger partial charge < -0.3 is 0 Å². The van der Waals surface area contributed by atoms with Crippen LogP contribution in [0.5, 0.6) is 0 Å². The molecule has 0 saturated carbocycles. The second-order valence-electron chi connectivity index (χ2n) is 2.29. The van der Waals surface area contributed by atoms with E-state index in [9.17, 15) is 30.7 Å². The molecule has 0 aliphatic carbocycles. The van der Waals surface area contributed by atoms with E-state index >= 15 is 0 Å². The summed E-state index contributed by atoms with van der Waals surface area (Å²) in [5.41, 5.74) is 0. The van der Waals surface area contributed by atoms with Crippen molar-refractivity contribution in [1.82, 2.24) is 0 Å². The SMILES string of the molecule is FC(F)(F)C(F)(Cl)C1(F)OC1(F)F. The Bertz CT molecular complexity index is 235. The molecule has 2 unspecified atom stereocenters. The third kappa shape index (κ3) is 1.18. The van der Waals surface area contributed by atoms with E-state index in [1.54, 1.807) is 0 Å². The Labute approximate surface area is 71.4 Å². The first kappa shape index (κ1) is 10.8. The van der Waals surface area contributed by atoms with Gasteiger partial charge in [-0.2, -0.15) is 26.3 Å². The second kappa shape index (κ2) is 2.22. The summed E-state index contributed by atoms with van der Waals surface area (Å²) in [4.78, 5) is 0. The Morgan fingerprint density at radius 1 is 1.00 bits per heavy atom. The molecule has 2 atom stereocenters. The van der Waals surface area contributed by atoms with E-state index in [0.717, 1.165) is 0 Å². The van der Waals surface area contributed by atoms with Gasteiger partial charge in [0.2, 0.25) is 0 Å². The predicted molar refractivity (Wildman–Crippen MR) is 25.6 cm³/mol. The van der Waals surface area contributed by atoms with Gasteiger partial charge in [0.05, 0.1) is 0 Å². The minimum absolute atomic E-state index is 2.66. The van der Waals surface area contributed by atoms with E-state index in [1.165, 1.54) is 0 Å². The van der Waals surface area contributed by atoms with E-state index < -0.39 is 23.3 Å². The number of hydrogen-bond acceptors (Lipinski definition) is 1. The highest BCUT2D eigenvalue weighted by Gasteiger charge is 2.92. The zero-order valence-corrected chi connectivity index (χ0v) is 6.19. The first-order valence-electron chi connectivity index (χ1n) is 2.67. The average Bonchev–Trinajstić information content (AvgIpc) is 2.31. The number of alkyl halides is 8. The Morgan fingerprint density at radius 3 is 1.38 bits per heavy atom. The number of epoxide rings is 1. The van der Waals surface area contributed by atoms with E-state index in [-0.39, 0.29) is 0 Å². The van der Waals surface area contributed by atoms with E-state index in [2.05, 4.69) is 16.3 Å². The van der Waals surface area contributed by atoms with Crippen LogP contribution in [0.1, 0.15) is 0 Å². The Kier molecular flexibility index (Phi) is 1.85. The molecule has 0 radical (unpaired) electrons. The minimum atomic E-state index is -5.98. The maximum Gasteiger partial charge on any atom is 0.443 e. The summed E-state index contributed by atoms with van der Waals surface area (Å²) in [7, 11) is 0. The van der Waals surface area contributed by atoms with Crippen LogP contribution in [0.2, 0.25) is 0 Å². The third-order valence-corrected chi connectivity index (χ3v) is 1.82. The van der Waals surface area contributed by atoms with Crippen LogP contribution in [-0.4, -0.2) is 23.3 Å². The molecular formula is C4ClF7O. The zero-order valence-electron chi connectivity index (χ0n) is 5.43. The number of rotatable bonds is 1. The van der Waals surface area contributed by atoms with Crippen molar-refractivity contribution in [1.29, 1.82) is 0 Å². The highest BCUT2D eigenvalue weighted by Crippen LogP contribution is 2.64. The molecule has 0 bridgehead atoms. The van der Waals surface area contributed by atoms with Gasteiger partial charge in [-0.15, -0.1) is 0 Å². The minimum Gasteiger partial charge on any atom is -0.266 e. The lowest BCUT2D eigenvalue weighted by molar-refractivity contribution is -0.238. The highest BCUT2D eigenvalue weighted by molar-refractivity contribution is 6.24. The molecule has 78 valence electrons. The van der Waals surface area contributed by atoms with Crippen LogP contribution in [-0.2, 0) is 4.74 Å². The fraction of sp³-hybridized carbons (Fsp3) is 1.00. The molecule has 0 aromatic carbocycles. The molecule has 0 N–H and O–H groups in total. The van der Waals surface area contributed by atoms with Gasteiger partial charge in [-0.25, -0.2) is 4.39 Å². The molecule has 1 heterocycles. The third-order valence-electron chi connectivity index (χ3n) is 1.36. The van der Waals surface area contributed by atoms with E-state index in [1.807, 2.05) is 0 Å².